The number of hydrogen-bond donors (Lipinski definition) is 1. The molecule has 2 aliphatic carbocycles. The quantitative estimate of drug-likeness (QED) is 0.870. The van der Waals surface area contributed by atoms with Crippen LogP contribution in [0.15, 0.2) is 12.1 Å². The van der Waals surface area contributed by atoms with Crippen molar-refractivity contribution in [3.05, 3.63) is 29.3 Å². The van der Waals surface area contributed by atoms with Crippen molar-refractivity contribution in [3.8, 4) is 6.07 Å². The van der Waals surface area contributed by atoms with Gasteiger partial charge in [0.1, 0.15) is 5.69 Å². The molecule has 2 bridgehead atoms. The van der Waals surface area contributed by atoms with Gasteiger partial charge >= 0.3 is 0 Å². The lowest BCUT2D eigenvalue weighted by atomic mass is 9.95. The summed E-state index contributed by atoms with van der Waals surface area (Å²) in [5, 5.41) is 11.6. The zero-order valence-corrected chi connectivity index (χ0v) is 9.92. The van der Waals surface area contributed by atoms with Crippen molar-refractivity contribution < 1.29 is 8.78 Å². The molecule has 0 amide bonds. The normalized spacial score (nSPS) is 29.3. The Morgan fingerprint density at radius 1 is 1.17 bits per heavy atom. The fraction of sp³-hybridized carbons (Fsp3) is 0.500. The van der Waals surface area contributed by atoms with Crippen molar-refractivity contribution in [2.45, 2.75) is 31.7 Å². The molecule has 2 fully saturated rings. The Bertz CT molecular complexity index is 498. The van der Waals surface area contributed by atoms with Crippen molar-refractivity contribution in [1.29, 1.82) is 5.26 Å². The van der Waals surface area contributed by atoms with E-state index in [1.54, 1.807) is 6.07 Å². The number of anilines is 1. The van der Waals surface area contributed by atoms with Gasteiger partial charge in [0, 0.05) is 6.04 Å². The molecule has 1 aromatic carbocycles. The zero-order valence-electron chi connectivity index (χ0n) is 9.92. The highest BCUT2D eigenvalue weighted by molar-refractivity contribution is 5.51. The molecule has 0 aromatic heterocycles. The van der Waals surface area contributed by atoms with Crippen molar-refractivity contribution in [2.24, 2.45) is 11.8 Å². The highest BCUT2D eigenvalue weighted by Crippen LogP contribution is 2.45. The van der Waals surface area contributed by atoms with Gasteiger partial charge in [0.15, 0.2) is 11.6 Å². The van der Waals surface area contributed by atoms with E-state index in [1.165, 1.54) is 12.8 Å². The molecule has 1 N–H and O–H groups in total. The van der Waals surface area contributed by atoms with E-state index in [0.717, 1.165) is 30.9 Å². The molecule has 0 spiro atoms. The highest BCUT2D eigenvalue weighted by atomic mass is 19.1. The lowest BCUT2D eigenvalue weighted by Crippen LogP contribution is -2.26. The number of rotatable bonds is 2. The van der Waals surface area contributed by atoms with E-state index >= 15 is 0 Å². The smallest absolute Gasteiger partial charge is 0.150 e. The Morgan fingerprint density at radius 3 is 2.39 bits per heavy atom. The second-order valence-electron chi connectivity index (χ2n) is 5.35. The predicted octanol–water partition coefficient (Wildman–Crippen LogP) is 3.44. The predicted molar refractivity (Wildman–Crippen MR) is 63.9 cm³/mol. The van der Waals surface area contributed by atoms with Gasteiger partial charge in [-0.05, 0) is 43.2 Å². The van der Waals surface area contributed by atoms with Gasteiger partial charge in [-0.2, -0.15) is 5.26 Å². The van der Waals surface area contributed by atoms with E-state index in [9.17, 15) is 8.78 Å². The third-order valence-corrected chi connectivity index (χ3v) is 4.24. The Labute approximate surface area is 105 Å². The van der Waals surface area contributed by atoms with E-state index in [-0.39, 0.29) is 17.3 Å². The van der Waals surface area contributed by atoms with Crippen LogP contribution in [0.25, 0.3) is 0 Å². The highest BCUT2D eigenvalue weighted by Gasteiger charge is 2.39. The second-order valence-corrected chi connectivity index (χ2v) is 5.35. The molecule has 3 atom stereocenters. The van der Waals surface area contributed by atoms with Crippen LogP contribution in [0.4, 0.5) is 14.5 Å². The number of benzene rings is 1. The van der Waals surface area contributed by atoms with Crippen molar-refractivity contribution in [2.75, 3.05) is 5.32 Å². The Balaban J connectivity index is 1.83. The first-order chi connectivity index (χ1) is 8.67. The first kappa shape index (κ1) is 11.5. The average molecular weight is 248 g/mol. The minimum Gasteiger partial charge on any atom is -0.377 e. The molecule has 0 aliphatic heterocycles. The standard InChI is InChI=1S/C14H14F2N2/c15-11-4-9(7-17)5-12(16)14(11)18-13-6-8-1-2-10(13)3-8/h4-5,8,10,13,18H,1-3,6H2. The van der Waals surface area contributed by atoms with E-state index in [0.29, 0.717) is 5.92 Å². The SMILES string of the molecule is N#Cc1cc(F)c(NC2CC3CCC2C3)c(F)c1. The van der Waals surface area contributed by atoms with E-state index in [4.69, 9.17) is 5.26 Å². The maximum absolute atomic E-state index is 13.7. The molecular weight excluding hydrogens is 234 g/mol. The fourth-order valence-corrected chi connectivity index (χ4v) is 3.38. The van der Waals surface area contributed by atoms with Crippen LogP contribution >= 0.6 is 0 Å². The van der Waals surface area contributed by atoms with E-state index in [2.05, 4.69) is 5.32 Å². The van der Waals surface area contributed by atoms with Crippen LogP contribution in [0.3, 0.4) is 0 Å². The summed E-state index contributed by atoms with van der Waals surface area (Å²) in [7, 11) is 0. The van der Waals surface area contributed by atoms with Gasteiger partial charge < -0.3 is 5.32 Å². The van der Waals surface area contributed by atoms with Gasteiger partial charge in [-0.1, -0.05) is 6.42 Å². The second kappa shape index (κ2) is 4.24. The lowest BCUT2D eigenvalue weighted by Gasteiger charge is -2.24. The van der Waals surface area contributed by atoms with Crippen LogP contribution in [-0.4, -0.2) is 6.04 Å². The summed E-state index contributed by atoms with van der Waals surface area (Å²) in [4.78, 5) is 0. The van der Waals surface area contributed by atoms with Crippen LogP contribution in [0.5, 0.6) is 0 Å². The number of hydrogen-bond acceptors (Lipinski definition) is 2. The molecule has 18 heavy (non-hydrogen) atoms. The molecule has 2 saturated carbocycles. The topological polar surface area (TPSA) is 35.8 Å². The molecule has 3 rings (SSSR count). The minimum atomic E-state index is -0.672. The summed E-state index contributed by atoms with van der Waals surface area (Å²) in [5.74, 6) is -0.0786. The molecule has 0 heterocycles. The molecule has 0 radical (unpaired) electrons. The number of fused-ring (bicyclic) bond motifs is 2. The van der Waals surface area contributed by atoms with Crippen molar-refractivity contribution in [3.63, 3.8) is 0 Å². The minimum absolute atomic E-state index is 0.0171. The van der Waals surface area contributed by atoms with Crippen LogP contribution in [0.2, 0.25) is 0 Å². The molecule has 2 nitrogen and oxygen atoms in total. The largest absolute Gasteiger partial charge is 0.377 e. The van der Waals surface area contributed by atoms with Gasteiger partial charge in [0.25, 0.3) is 0 Å². The molecule has 4 heteroatoms. The van der Waals surface area contributed by atoms with Crippen LogP contribution in [0.1, 0.15) is 31.2 Å². The summed E-state index contributed by atoms with van der Waals surface area (Å²) in [5.41, 5.74) is -0.0601. The third kappa shape index (κ3) is 1.84. The lowest BCUT2D eigenvalue weighted by molar-refractivity contribution is 0.435. The monoisotopic (exact) mass is 248 g/mol. The molecule has 94 valence electrons. The maximum atomic E-state index is 13.7. The first-order valence-electron chi connectivity index (χ1n) is 6.33. The van der Waals surface area contributed by atoms with Crippen molar-refractivity contribution in [1.82, 2.24) is 0 Å². The zero-order chi connectivity index (χ0) is 12.7. The van der Waals surface area contributed by atoms with Crippen molar-refractivity contribution >= 4 is 5.69 Å². The number of nitriles is 1. The van der Waals surface area contributed by atoms with Gasteiger partial charge in [0.05, 0.1) is 11.6 Å². The molecule has 2 aliphatic rings. The van der Waals surface area contributed by atoms with Crippen LogP contribution in [0, 0.1) is 34.8 Å². The fourth-order valence-electron chi connectivity index (χ4n) is 3.38. The number of nitrogens with one attached hydrogen (secondary N) is 1. The van der Waals surface area contributed by atoms with Gasteiger partial charge in [-0.15, -0.1) is 0 Å². The van der Waals surface area contributed by atoms with Crippen LogP contribution < -0.4 is 5.32 Å². The van der Waals surface area contributed by atoms with Gasteiger partial charge in [0.2, 0.25) is 0 Å². The molecule has 0 saturated heterocycles. The van der Waals surface area contributed by atoms with Gasteiger partial charge in [-0.3, -0.25) is 0 Å². The number of halogens is 2. The first-order valence-corrected chi connectivity index (χ1v) is 6.33. The Kier molecular flexibility index (Phi) is 2.70. The molecule has 3 unspecified atom stereocenters. The molecular formula is C14H14F2N2. The Morgan fingerprint density at radius 2 is 1.89 bits per heavy atom. The number of nitrogens with zero attached hydrogens (tertiary/aromatic N) is 1. The van der Waals surface area contributed by atoms with E-state index in [1.807, 2.05) is 0 Å². The average Bonchev–Trinajstić information content (AvgIpc) is 2.95. The summed E-state index contributed by atoms with van der Waals surface area (Å²) in [6.07, 6.45) is 4.59. The Hall–Kier alpha value is -1.63. The summed E-state index contributed by atoms with van der Waals surface area (Å²) < 4.78 is 27.5. The summed E-state index contributed by atoms with van der Waals surface area (Å²) >= 11 is 0. The summed E-state index contributed by atoms with van der Waals surface area (Å²) in [6.45, 7) is 0. The van der Waals surface area contributed by atoms with Gasteiger partial charge in [-0.25, -0.2) is 8.78 Å². The molecule has 1 aromatic rings. The van der Waals surface area contributed by atoms with E-state index < -0.39 is 11.6 Å². The third-order valence-electron chi connectivity index (χ3n) is 4.24. The summed E-state index contributed by atoms with van der Waals surface area (Å²) in [6, 6.07) is 4.09. The maximum Gasteiger partial charge on any atom is 0.150 e. The van der Waals surface area contributed by atoms with Crippen LogP contribution in [-0.2, 0) is 0 Å².